The lowest BCUT2D eigenvalue weighted by Gasteiger charge is -2.23. The minimum Gasteiger partial charge on any atom is -0.335 e. The van der Waals surface area contributed by atoms with E-state index in [1.54, 1.807) is 0 Å². The van der Waals surface area contributed by atoms with Gasteiger partial charge >= 0.3 is 6.03 Å². The maximum Gasteiger partial charge on any atom is 0.321 e. The summed E-state index contributed by atoms with van der Waals surface area (Å²) in [5.41, 5.74) is 5.77. The normalized spacial score (nSPS) is 23.9. The van der Waals surface area contributed by atoms with Crippen LogP contribution in [0.5, 0.6) is 0 Å². The van der Waals surface area contributed by atoms with Gasteiger partial charge in [-0.2, -0.15) is 0 Å². The SMILES string of the molecule is Cl.N[C@@H]1CCN(CC(=O)NC(=O)NC2CCCCC2)C1. The Bertz CT molecular complexity index is 318. The van der Waals surface area contributed by atoms with E-state index in [4.69, 9.17) is 5.73 Å². The van der Waals surface area contributed by atoms with Gasteiger partial charge in [-0.15, -0.1) is 12.4 Å². The third-order valence-corrected chi connectivity index (χ3v) is 3.87. The Morgan fingerprint density at radius 1 is 1.15 bits per heavy atom. The zero-order valence-electron chi connectivity index (χ0n) is 11.8. The summed E-state index contributed by atoms with van der Waals surface area (Å²) in [4.78, 5) is 25.4. The molecule has 7 heteroatoms. The minimum absolute atomic E-state index is 0. The summed E-state index contributed by atoms with van der Waals surface area (Å²) in [5.74, 6) is -0.248. The van der Waals surface area contributed by atoms with Crippen molar-refractivity contribution in [2.24, 2.45) is 5.73 Å². The van der Waals surface area contributed by atoms with Crippen LogP contribution in [0, 0.1) is 0 Å². The third kappa shape index (κ3) is 5.64. The van der Waals surface area contributed by atoms with Gasteiger partial charge < -0.3 is 11.1 Å². The molecule has 20 heavy (non-hydrogen) atoms. The number of carbonyl (C=O) groups excluding carboxylic acids is 2. The van der Waals surface area contributed by atoms with Crippen LogP contribution < -0.4 is 16.4 Å². The van der Waals surface area contributed by atoms with E-state index >= 15 is 0 Å². The van der Waals surface area contributed by atoms with Gasteiger partial charge in [-0.1, -0.05) is 19.3 Å². The van der Waals surface area contributed by atoms with E-state index in [-0.39, 0.29) is 43.0 Å². The summed E-state index contributed by atoms with van der Waals surface area (Å²) in [5, 5.41) is 5.27. The molecule has 1 aliphatic heterocycles. The average Bonchev–Trinajstić information content (AvgIpc) is 2.75. The number of carbonyl (C=O) groups is 2. The second-order valence-corrected chi connectivity index (χ2v) is 5.64. The lowest BCUT2D eigenvalue weighted by atomic mass is 9.96. The van der Waals surface area contributed by atoms with Crippen molar-refractivity contribution in [3.8, 4) is 0 Å². The Morgan fingerprint density at radius 2 is 1.85 bits per heavy atom. The molecule has 2 aliphatic rings. The molecule has 0 bridgehead atoms. The first-order chi connectivity index (χ1) is 9.13. The number of nitrogens with zero attached hydrogens (tertiary/aromatic N) is 1. The molecule has 0 aromatic carbocycles. The average molecular weight is 305 g/mol. The van der Waals surface area contributed by atoms with Gasteiger partial charge in [-0.3, -0.25) is 15.0 Å². The fourth-order valence-electron chi connectivity index (χ4n) is 2.84. The van der Waals surface area contributed by atoms with Crippen LogP contribution in [0.3, 0.4) is 0 Å². The third-order valence-electron chi connectivity index (χ3n) is 3.87. The topological polar surface area (TPSA) is 87.5 Å². The van der Waals surface area contributed by atoms with E-state index in [2.05, 4.69) is 10.6 Å². The summed E-state index contributed by atoms with van der Waals surface area (Å²) >= 11 is 0. The molecule has 0 aromatic heterocycles. The Balaban J connectivity index is 0.00000200. The van der Waals surface area contributed by atoms with Crippen molar-refractivity contribution in [1.29, 1.82) is 0 Å². The predicted octanol–water partition coefficient (Wildman–Crippen LogP) is 0.600. The number of nitrogens with one attached hydrogen (secondary N) is 2. The van der Waals surface area contributed by atoms with Crippen LogP contribution >= 0.6 is 12.4 Å². The Morgan fingerprint density at radius 3 is 2.45 bits per heavy atom. The van der Waals surface area contributed by atoms with E-state index < -0.39 is 0 Å². The maximum atomic E-state index is 11.7. The van der Waals surface area contributed by atoms with E-state index in [1.165, 1.54) is 6.42 Å². The van der Waals surface area contributed by atoms with Crippen molar-refractivity contribution >= 4 is 24.3 Å². The first-order valence-electron chi connectivity index (χ1n) is 7.22. The van der Waals surface area contributed by atoms with Crippen LogP contribution in [-0.4, -0.2) is 48.6 Å². The maximum absolute atomic E-state index is 11.7. The molecule has 1 saturated carbocycles. The second kappa shape index (κ2) is 8.44. The molecule has 116 valence electrons. The van der Waals surface area contributed by atoms with Crippen LogP contribution in [-0.2, 0) is 4.79 Å². The van der Waals surface area contributed by atoms with E-state index in [0.29, 0.717) is 0 Å². The highest BCUT2D eigenvalue weighted by Gasteiger charge is 2.22. The Labute approximate surface area is 126 Å². The standard InChI is InChI=1S/C13H24N4O2.ClH/c14-10-6-7-17(8-10)9-12(18)16-13(19)15-11-4-2-1-3-5-11;/h10-11H,1-9,14H2,(H2,15,16,18,19);1H/t10-;/m1./s1. The van der Waals surface area contributed by atoms with Crippen molar-refractivity contribution in [1.82, 2.24) is 15.5 Å². The number of imide groups is 1. The molecule has 1 saturated heterocycles. The monoisotopic (exact) mass is 304 g/mol. The fraction of sp³-hybridized carbons (Fsp3) is 0.846. The highest BCUT2D eigenvalue weighted by molar-refractivity contribution is 5.95. The second-order valence-electron chi connectivity index (χ2n) is 5.64. The van der Waals surface area contributed by atoms with Crippen molar-refractivity contribution in [3.63, 3.8) is 0 Å². The van der Waals surface area contributed by atoms with Crippen molar-refractivity contribution in [3.05, 3.63) is 0 Å². The zero-order valence-corrected chi connectivity index (χ0v) is 12.6. The van der Waals surface area contributed by atoms with Crippen LogP contribution in [0.15, 0.2) is 0 Å². The largest absolute Gasteiger partial charge is 0.335 e. The molecule has 1 heterocycles. The number of amides is 3. The van der Waals surface area contributed by atoms with Gasteiger partial charge in [0, 0.05) is 25.2 Å². The van der Waals surface area contributed by atoms with E-state index in [0.717, 1.165) is 45.2 Å². The minimum atomic E-state index is -0.361. The molecular weight excluding hydrogens is 280 g/mol. The van der Waals surface area contributed by atoms with E-state index in [1.807, 2.05) is 4.90 Å². The molecule has 2 fully saturated rings. The van der Waals surface area contributed by atoms with Crippen molar-refractivity contribution in [2.45, 2.75) is 50.6 Å². The smallest absolute Gasteiger partial charge is 0.321 e. The Hall–Kier alpha value is -0.850. The summed E-state index contributed by atoms with van der Waals surface area (Å²) in [6, 6.07) is 0.0195. The van der Waals surface area contributed by atoms with Crippen LogP contribution in [0.2, 0.25) is 0 Å². The molecule has 1 atom stereocenters. The lowest BCUT2D eigenvalue weighted by molar-refractivity contribution is -0.120. The lowest BCUT2D eigenvalue weighted by Crippen LogP contribution is -2.48. The van der Waals surface area contributed by atoms with Gasteiger partial charge in [0.2, 0.25) is 5.91 Å². The molecule has 1 aliphatic carbocycles. The summed E-state index contributed by atoms with van der Waals surface area (Å²) in [6.45, 7) is 1.82. The number of likely N-dealkylation sites (tertiary alicyclic amines) is 1. The number of rotatable bonds is 3. The number of hydrogen-bond donors (Lipinski definition) is 3. The van der Waals surface area contributed by atoms with Gasteiger partial charge in [0.25, 0.3) is 0 Å². The summed E-state index contributed by atoms with van der Waals surface area (Å²) < 4.78 is 0. The quantitative estimate of drug-likeness (QED) is 0.712. The zero-order chi connectivity index (χ0) is 13.7. The van der Waals surface area contributed by atoms with Gasteiger partial charge in [-0.05, 0) is 19.3 Å². The first-order valence-corrected chi connectivity index (χ1v) is 7.22. The number of hydrogen-bond acceptors (Lipinski definition) is 4. The molecule has 0 spiro atoms. The van der Waals surface area contributed by atoms with Crippen molar-refractivity contribution in [2.75, 3.05) is 19.6 Å². The molecular formula is C13H25ClN4O2. The van der Waals surface area contributed by atoms with Gasteiger partial charge in [0.05, 0.1) is 6.54 Å². The molecule has 4 N–H and O–H groups in total. The first kappa shape index (κ1) is 17.2. The summed E-state index contributed by atoms with van der Waals surface area (Å²) in [7, 11) is 0. The molecule has 0 radical (unpaired) electrons. The van der Waals surface area contributed by atoms with Crippen LogP contribution in [0.4, 0.5) is 4.79 Å². The molecule has 3 amide bonds. The number of nitrogens with two attached hydrogens (primary N) is 1. The van der Waals surface area contributed by atoms with Crippen molar-refractivity contribution < 1.29 is 9.59 Å². The highest BCUT2D eigenvalue weighted by atomic mass is 35.5. The van der Waals surface area contributed by atoms with Gasteiger partial charge in [0.15, 0.2) is 0 Å². The molecule has 6 nitrogen and oxygen atoms in total. The predicted molar refractivity (Wildman–Crippen MR) is 79.8 cm³/mol. The highest BCUT2D eigenvalue weighted by Crippen LogP contribution is 2.17. The van der Waals surface area contributed by atoms with Gasteiger partial charge in [-0.25, -0.2) is 4.79 Å². The fourth-order valence-corrected chi connectivity index (χ4v) is 2.84. The number of urea groups is 1. The molecule has 2 rings (SSSR count). The van der Waals surface area contributed by atoms with E-state index in [9.17, 15) is 9.59 Å². The Kier molecular flexibility index (Phi) is 7.26. The molecule has 0 unspecified atom stereocenters. The summed E-state index contributed by atoms with van der Waals surface area (Å²) in [6.07, 6.45) is 6.51. The molecule has 0 aromatic rings. The number of halogens is 1. The van der Waals surface area contributed by atoms with Gasteiger partial charge in [0.1, 0.15) is 0 Å². The van der Waals surface area contributed by atoms with Crippen LogP contribution in [0.25, 0.3) is 0 Å². The van der Waals surface area contributed by atoms with Crippen LogP contribution in [0.1, 0.15) is 38.5 Å².